The van der Waals surface area contributed by atoms with Crippen LogP contribution in [0.25, 0.3) is 0 Å². The zero-order valence-corrected chi connectivity index (χ0v) is 9.37. The highest BCUT2D eigenvalue weighted by Crippen LogP contribution is 2.15. The summed E-state index contributed by atoms with van der Waals surface area (Å²) >= 11 is 0. The second kappa shape index (κ2) is 5.01. The standard InChI is InChI=1S/C10H11N3O2.ClH/c11-5-7-1-2-8(15-7)6-13-4-3-9(12)10(13)14;/h1-2,9H,3-4,6,12H2;1H. The van der Waals surface area contributed by atoms with E-state index in [0.717, 1.165) is 0 Å². The summed E-state index contributed by atoms with van der Waals surface area (Å²) in [5.41, 5.74) is 5.58. The number of amides is 1. The van der Waals surface area contributed by atoms with Gasteiger partial charge in [-0.05, 0) is 18.6 Å². The highest BCUT2D eigenvalue weighted by molar-refractivity contribution is 5.85. The summed E-state index contributed by atoms with van der Waals surface area (Å²) in [6, 6.07) is 4.82. The molecule has 2 N–H and O–H groups in total. The Labute approximate surface area is 99.2 Å². The lowest BCUT2D eigenvalue weighted by Gasteiger charge is -2.13. The van der Waals surface area contributed by atoms with Gasteiger partial charge < -0.3 is 15.1 Å². The van der Waals surface area contributed by atoms with Gasteiger partial charge in [0.05, 0.1) is 12.6 Å². The third-order valence-electron chi connectivity index (χ3n) is 2.46. The number of likely N-dealkylation sites (tertiary alicyclic amines) is 1. The molecule has 1 aromatic rings. The maximum absolute atomic E-state index is 11.5. The number of carbonyl (C=O) groups is 1. The monoisotopic (exact) mass is 241 g/mol. The average Bonchev–Trinajstić information content (AvgIpc) is 2.80. The Morgan fingerprint density at radius 2 is 2.38 bits per heavy atom. The van der Waals surface area contributed by atoms with Gasteiger partial charge in [-0.1, -0.05) is 0 Å². The minimum Gasteiger partial charge on any atom is -0.449 e. The maximum atomic E-state index is 11.5. The molecule has 1 aliphatic heterocycles. The van der Waals surface area contributed by atoms with Crippen molar-refractivity contribution in [1.29, 1.82) is 5.26 Å². The van der Waals surface area contributed by atoms with Crippen molar-refractivity contribution in [2.45, 2.75) is 19.0 Å². The van der Waals surface area contributed by atoms with Gasteiger partial charge in [-0.2, -0.15) is 5.26 Å². The van der Waals surface area contributed by atoms with E-state index in [9.17, 15) is 4.79 Å². The molecule has 1 unspecified atom stereocenters. The fourth-order valence-electron chi connectivity index (χ4n) is 1.63. The Morgan fingerprint density at radius 1 is 1.62 bits per heavy atom. The van der Waals surface area contributed by atoms with Gasteiger partial charge in [-0.15, -0.1) is 12.4 Å². The number of hydrogen-bond donors (Lipinski definition) is 1. The van der Waals surface area contributed by atoms with Crippen molar-refractivity contribution in [1.82, 2.24) is 4.90 Å². The third-order valence-corrected chi connectivity index (χ3v) is 2.46. The molecule has 86 valence electrons. The molecular formula is C10H12ClN3O2. The topological polar surface area (TPSA) is 83.3 Å². The summed E-state index contributed by atoms with van der Waals surface area (Å²) in [5, 5.41) is 8.56. The highest BCUT2D eigenvalue weighted by Gasteiger charge is 2.28. The lowest BCUT2D eigenvalue weighted by Crippen LogP contribution is -2.33. The van der Waals surface area contributed by atoms with Crippen LogP contribution < -0.4 is 5.73 Å². The lowest BCUT2D eigenvalue weighted by molar-refractivity contribution is -0.129. The van der Waals surface area contributed by atoms with E-state index in [4.69, 9.17) is 15.4 Å². The van der Waals surface area contributed by atoms with Gasteiger partial charge in [-0.25, -0.2) is 0 Å². The summed E-state index contributed by atoms with van der Waals surface area (Å²) in [7, 11) is 0. The molecule has 0 bridgehead atoms. The van der Waals surface area contributed by atoms with Crippen molar-refractivity contribution in [3.63, 3.8) is 0 Å². The molecule has 2 rings (SSSR count). The summed E-state index contributed by atoms with van der Waals surface area (Å²) < 4.78 is 5.18. The molecule has 1 fully saturated rings. The van der Waals surface area contributed by atoms with Crippen LogP contribution in [0.3, 0.4) is 0 Å². The number of nitrogens with zero attached hydrogens (tertiary/aromatic N) is 2. The van der Waals surface area contributed by atoms with Gasteiger partial charge in [0.15, 0.2) is 0 Å². The zero-order chi connectivity index (χ0) is 10.8. The van der Waals surface area contributed by atoms with Crippen LogP contribution in [-0.4, -0.2) is 23.4 Å². The van der Waals surface area contributed by atoms with E-state index in [-0.39, 0.29) is 30.1 Å². The van der Waals surface area contributed by atoms with Crippen LogP contribution >= 0.6 is 12.4 Å². The normalized spacial score (nSPS) is 19.4. The third kappa shape index (κ3) is 2.35. The fraction of sp³-hybridized carbons (Fsp3) is 0.400. The Morgan fingerprint density at radius 3 is 2.88 bits per heavy atom. The molecule has 6 heteroatoms. The second-order valence-electron chi connectivity index (χ2n) is 3.53. The van der Waals surface area contributed by atoms with Crippen LogP contribution in [0, 0.1) is 11.3 Å². The summed E-state index contributed by atoms with van der Waals surface area (Å²) in [4.78, 5) is 13.1. The Hall–Kier alpha value is -1.51. The molecular weight excluding hydrogens is 230 g/mol. The van der Waals surface area contributed by atoms with Gasteiger partial charge >= 0.3 is 0 Å². The number of nitrogens with two attached hydrogens (primary N) is 1. The van der Waals surface area contributed by atoms with Crippen molar-refractivity contribution >= 4 is 18.3 Å². The SMILES string of the molecule is Cl.N#Cc1ccc(CN2CCC(N)C2=O)o1. The van der Waals surface area contributed by atoms with E-state index < -0.39 is 0 Å². The molecule has 2 heterocycles. The molecule has 1 saturated heterocycles. The van der Waals surface area contributed by atoms with E-state index in [1.54, 1.807) is 17.0 Å². The molecule has 1 amide bonds. The van der Waals surface area contributed by atoms with E-state index in [2.05, 4.69) is 0 Å². The van der Waals surface area contributed by atoms with Crippen LogP contribution in [0.15, 0.2) is 16.5 Å². The van der Waals surface area contributed by atoms with E-state index in [1.807, 2.05) is 6.07 Å². The zero-order valence-electron chi connectivity index (χ0n) is 8.55. The molecule has 0 aromatic carbocycles. The van der Waals surface area contributed by atoms with Crippen molar-refractivity contribution in [2.75, 3.05) is 6.54 Å². The quantitative estimate of drug-likeness (QED) is 0.823. The minimum atomic E-state index is -0.379. The molecule has 0 spiro atoms. The summed E-state index contributed by atoms with van der Waals surface area (Å²) in [6.45, 7) is 1.05. The first kappa shape index (κ1) is 12.6. The van der Waals surface area contributed by atoms with Crippen molar-refractivity contribution in [3.05, 3.63) is 23.7 Å². The largest absolute Gasteiger partial charge is 0.449 e. The first-order valence-electron chi connectivity index (χ1n) is 4.74. The Kier molecular flexibility index (Phi) is 3.93. The average molecular weight is 242 g/mol. The number of carbonyl (C=O) groups excluding carboxylic acids is 1. The van der Waals surface area contributed by atoms with Gasteiger partial charge in [0, 0.05) is 6.54 Å². The first-order valence-corrected chi connectivity index (χ1v) is 4.74. The molecule has 0 aliphatic carbocycles. The van der Waals surface area contributed by atoms with Crippen LogP contribution in [0.2, 0.25) is 0 Å². The van der Waals surface area contributed by atoms with Gasteiger partial charge in [0.25, 0.3) is 0 Å². The summed E-state index contributed by atoms with van der Waals surface area (Å²) in [5.74, 6) is 0.833. The van der Waals surface area contributed by atoms with Gasteiger partial charge in [0.2, 0.25) is 11.7 Å². The number of hydrogen-bond acceptors (Lipinski definition) is 4. The maximum Gasteiger partial charge on any atom is 0.239 e. The number of rotatable bonds is 2. The summed E-state index contributed by atoms with van der Waals surface area (Å²) in [6.07, 6.45) is 0.685. The smallest absolute Gasteiger partial charge is 0.239 e. The fourth-order valence-corrected chi connectivity index (χ4v) is 1.63. The first-order chi connectivity index (χ1) is 7.20. The van der Waals surface area contributed by atoms with Crippen molar-refractivity contribution < 1.29 is 9.21 Å². The molecule has 0 radical (unpaired) electrons. The van der Waals surface area contributed by atoms with E-state index >= 15 is 0 Å². The van der Waals surface area contributed by atoms with Gasteiger partial charge in [0.1, 0.15) is 11.8 Å². The number of nitriles is 1. The Bertz CT molecular complexity index is 424. The van der Waals surface area contributed by atoms with Crippen LogP contribution in [0.1, 0.15) is 17.9 Å². The minimum absolute atomic E-state index is 0. The lowest BCUT2D eigenvalue weighted by atomic mass is 10.3. The second-order valence-corrected chi connectivity index (χ2v) is 3.53. The van der Waals surface area contributed by atoms with E-state index in [1.165, 1.54) is 0 Å². The predicted molar refractivity (Wildman–Crippen MR) is 58.7 cm³/mol. The number of halogens is 1. The molecule has 16 heavy (non-hydrogen) atoms. The Balaban J connectivity index is 0.00000128. The highest BCUT2D eigenvalue weighted by atomic mass is 35.5. The number of furan rings is 1. The molecule has 1 atom stereocenters. The predicted octanol–water partition coefficient (Wildman–Crippen LogP) is 0.633. The van der Waals surface area contributed by atoms with Crippen LogP contribution in [-0.2, 0) is 11.3 Å². The molecule has 5 nitrogen and oxygen atoms in total. The van der Waals surface area contributed by atoms with Crippen molar-refractivity contribution in [2.24, 2.45) is 5.73 Å². The van der Waals surface area contributed by atoms with Crippen LogP contribution in [0.5, 0.6) is 0 Å². The van der Waals surface area contributed by atoms with E-state index in [0.29, 0.717) is 25.3 Å². The van der Waals surface area contributed by atoms with Gasteiger partial charge in [-0.3, -0.25) is 4.79 Å². The molecule has 1 aromatic heterocycles. The molecule has 1 aliphatic rings. The van der Waals surface area contributed by atoms with Crippen LogP contribution in [0.4, 0.5) is 0 Å². The molecule has 0 saturated carbocycles. The van der Waals surface area contributed by atoms with Crippen molar-refractivity contribution in [3.8, 4) is 6.07 Å².